The normalized spacial score (nSPS) is 22.7. The predicted molar refractivity (Wildman–Crippen MR) is 85.3 cm³/mol. The molecular formula is C14H20N2O5S2. The molecule has 1 unspecified atom stereocenters. The third-order valence-electron chi connectivity index (χ3n) is 4.44. The molecule has 0 bridgehead atoms. The van der Waals surface area contributed by atoms with E-state index in [4.69, 9.17) is 0 Å². The van der Waals surface area contributed by atoms with E-state index in [0.717, 1.165) is 29.1 Å². The van der Waals surface area contributed by atoms with Crippen molar-refractivity contribution >= 4 is 27.3 Å². The number of rotatable bonds is 4. The molecule has 2 aliphatic rings. The number of carbonyl (C=O) groups is 1. The van der Waals surface area contributed by atoms with Crippen LogP contribution < -0.4 is 5.32 Å². The molecule has 3 rings (SSSR count). The van der Waals surface area contributed by atoms with Crippen molar-refractivity contribution in [3.63, 3.8) is 0 Å². The maximum atomic E-state index is 13.0. The van der Waals surface area contributed by atoms with E-state index >= 15 is 0 Å². The zero-order valence-corrected chi connectivity index (χ0v) is 14.3. The predicted octanol–water partition coefficient (Wildman–Crippen LogP) is 0.627. The molecule has 3 heterocycles. The van der Waals surface area contributed by atoms with Gasteiger partial charge in [0.1, 0.15) is 4.21 Å². The van der Waals surface area contributed by atoms with Crippen LogP contribution in [0, 0.1) is 0 Å². The summed E-state index contributed by atoms with van der Waals surface area (Å²) in [5.74, 6) is -1.19. The van der Waals surface area contributed by atoms with Crippen molar-refractivity contribution in [2.45, 2.75) is 42.5 Å². The number of nitrogens with one attached hydrogen (secondary N) is 1. The van der Waals surface area contributed by atoms with Crippen molar-refractivity contribution in [3.8, 4) is 0 Å². The number of thiophene rings is 1. The summed E-state index contributed by atoms with van der Waals surface area (Å²) in [7, 11) is -3.91. The molecule has 0 spiro atoms. The molecule has 1 aromatic heterocycles. The van der Waals surface area contributed by atoms with Gasteiger partial charge in [-0.05, 0) is 31.4 Å². The molecule has 0 aromatic carbocycles. The van der Waals surface area contributed by atoms with Gasteiger partial charge in [0.15, 0.2) is 0 Å². The van der Waals surface area contributed by atoms with Crippen LogP contribution in [0.5, 0.6) is 0 Å². The van der Waals surface area contributed by atoms with Gasteiger partial charge in [-0.3, -0.25) is 0 Å². The first-order valence-corrected chi connectivity index (χ1v) is 9.93. The highest BCUT2D eigenvalue weighted by Gasteiger charge is 2.39. The molecule has 1 aromatic rings. The summed E-state index contributed by atoms with van der Waals surface area (Å²) in [4.78, 5) is 12.5. The molecular weight excluding hydrogens is 340 g/mol. The number of aliphatic hydroxyl groups excluding tert-OH is 1. The summed E-state index contributed by atoms with van der Waals surface area (Å²) < 4.78 is 27.3. The standard InChI is InChI=1S/C14H20N2O5S2/c17-8-9-3-1-2-6-16(9)23(20,21)14-12(13(18)19)10-4-5-15-7-11(10)22-14/h9,15,17H,1-8H2,(H,18,19). The maximum absolute atomic E-state index is 13.0. The van der Waals surface area contributed by atoms with Crippen LogP contribution in [0.25, 0.3) is 0 Å². The number of aromatic carboxylic acids is 1. The van der Waals surface area contributed by atoms with Gasteiger partial charge in [0.2, 0.25) is 0 Å². The molecule has 1 fully saturated rings. The Morgan fingerprint density at radius 3 is 2.87 bits per heavy atom. The highest BCUT2D eigenvalue weighted by atomic mass is 32.2. The fourth-order valence-corrected chi connectivity index (χ4v) is 6.95. The van der Waals surface area contributed by atoms with Gasteiger partial charge in [0, 0.05) is 24.0 Å². The summed E-state index contributed by atoms with van der Waals surface area (Å²) in [6.07, 6.45) is 2.72. The number of hydrogen-bond donors (Lipinski definition) is 3. The van der Waals surface area contributed by atoms with Gasteiger partial charge >= 0.3 is 5.97 Å². The summed E-state index contributed by atoms with van der Waals surface area (Å²) in [5.41, 5.74) is 0.561. The van der Waals surface area contributed by atoms with Crippen molar-refractivity contribution in [3.05, 3.63) is 16.0 Å². The van der Waals surface area contributed by atoms with E-state index in [1.807, 2.05) is 0 Å². The second-order valence-corrected chi connectivity index (χ2v) is 9.04. The monoisotopic (exact) mass is 360 g/mol. The lowest BCUT2D eigenvalue weighted by Crippen LogP contribution is -2.45. The van der Waals surface area contributed by atoms with Crippen LogP contribution in [0.4, 0.5) is 0 Å². The van der Waals surface area contributed by atoms with E-state index in [1.54, 1.807) is 0 Å². The summed E-state index contributed by atoms with van der Waals surface area (Å²) in [5, 5.41) is 22.2. The Labute approximate surface area is 139 Å². The van der Waals surface area contributed by atoms with Crippen molar-refractivity contribution < 1.29 is 23.4 Å². The smallest absolute Gasteiger partial charge is 0.338 e. The minimum absolute atomic E-state index is 0.0752. The molecule has 0 amide bonds. The highest BCUT2D eigenvalue weighted by Crippen LogP contribution is 2.37. The third-order valence-corrected chi connectivity index (χ3v) is 8.12. The molecule has 1 saturated heterocycles. The number of sulfonamides is 1. The van der Waals surface area contributed by atoms with Crippen molar-refractivity contribution in [1.82, 2.24) is 9.62 Å². The Balaban J connectivity index is 2.09. The average Bonchev–Trinajstić information content (AvgIpc) is 2.95. The SMILES string of the molecule is O=C(O)c1c(S(=O)(=O)N2CCCCC2CO)sc2c1CCNC2. The van der Waals surface area contributed by atoms with Crippen molar-refractivity contribution in [1.29, 1.82) is 0 Å². The second-order valence-electron chi connectivity index (χ2n) is 5.85. The number of nitrogens with zero attached hydrogens (tertiary/aromatic N) is 1. The van der Waals surface area contributed by atoms with Crippen molar-refractivity contribution in [2.75, 3.05) is 19.7 Å². The lowest BCUT2D eigenvalue weighted by molar-refractivity contribution is 0.0692. The molecule has 2 aliphatic heterocycles. The quantitative estimate of drug-likeness (QED) is 0.727. The lowest BCUT2D eigenvalue weighted by Gasteiger charge is -2.33. The molecule has 3 N–H and O–H groups in total. The number of carboxylic acids is 1. The van der Waals surface area contributed by atoms with E-state index < -0.39 is 22.0 Å². The minimum Gasteiger partial charge on any atom is -0.478 e. The van der Waals surface area contributed by atoms with Gasteiger partial charge in [-0.15, -0.1) is 11.3 Å². The van der Waals surface area contributed by atoms with Crippen molar-refractivity contribution in [2.24, 2.45) is 0 Å². The van der Waals surface area contributed by atoms with Gasteiger partial charge in [-0.1, -0.05) is 6.42 Å². The third kappa shape index (κ3) is 2.91. The van der Waals surface area contributed by atoms with Gasteiger partial charge in [-0.25, -0.2) is 13.2 Å². The van der Waals surface area contributed by atoms with Gasteiger partial charge in [-0.2, -0.15) is 4.31 Å². The van der Waals surface area contributed by atoms with E-state index in [9.17, 15) is 23.4 Å². The zero-order valence-electron chi connectivity index (χ0n) is 12.6. The summed E-state index contributed by atoms with van der Waals surface area (Å²) in [6.45, 7) is 1.23. The molecule has 0 aliphatic carbocycles. The lowest BCUT2D eigenvalue weighted by atomic mass is 10.1. The number of piperidine rings is 1. The summed E-state index contributed by atoms with van der Waals surface area (Å²) >= 11 is 1.05. The minimum atomic E-state index is -3.91. The van der Waals surface area contributed by atoms with Crippen LogP contribution >= 0.6 is 11.3 Å². The Morgan fingerprint density at radius 2 is 2.17 bits per heavy atom. The Bertz CT molecular complexity index is 713. The Kier molecular flexibility index (Phi) is 4.75. The van der Waals surface area contributed by atoms with Gasteiger partial charge < -0.3 is 15.5 Å². The average molecular weight is 360 g/mol. The van der Waals surface area contributed by atoms with Crippen LogP contribution in [-0.2, 0) is 23.0 Å². The van der Waals surface area contributed by atoms with Crippen LogP contribution in [0.1, 0.15) is 40.1 Å². The largest absolute Gasteiger partial charge is 0.478 e. The fourth-order valence-electron chi connectivity index (χ4n) is 3.29. The Morgan fingerprint density at radius 1 is 1.39 bits per heavy atom. The van der Waals surface area contributed by atoms with E-state index in [-0.39, 0.29) is 16.4 Å². The van der Waals surface area contributed by atoms with Crippen LogP contribution in [0.2, 0.25) is 0 Å². The number of aliphatic hydroxyl groups is 1. The first-order chi connectivity index (χ1) is 11.0. The molecule has 9 heteroatoms. The molecule has 7 nitrogen and oxygen atoms in total. The molecule has 128 valence electrons. The molecule has 1 atom stereocenters. The molecule has 0 saturated carbocycles. The van der Waals surface area contributed by atoms with E-state index in [1.165, 1.54) is 4.31 Å². The molecule has 23 heavy (non-hydrogen) atoms. The fraction of sp³-hybridized carbons (Fsp3) is 0.643. The Hall–Kier alpha value is -1.00. The number of fused-ring (bicyclic) bond motifs is 1. The zero-order chi connectivity index (χ0) is 16.6. The first-order valence-electron chi connectivity index (χ1n) is 7.68. The van der Waals surface area contributed by atoms with Crippen LogP contribution in [-0.4, -0.2) is 54.6 Å². The van der Waals surface area contributed by atoms with Crippen LogP contribution in [0.15, 0.2) is 4.21 Å². The number of carboxylic acid groups (broad SMARTS) is 1. The number of hydrogen-bond acceptors (Lipinski definition) is 6. The van der Waals surface area contributed by atoms with E-state index in [0.29, 0.717) is 38.0 Å². The summed E-state index contributed by atoms with van der Waals surface area (Å²) in [6, 6.07) is -0.465. The topological polar surface area (TPSA) is 107 Å². The highest BCUT2D eigenvalue weighted by molar-refractivity contribution is 7.91. The second kappa shape index (κ2) is 6.48. The van der Waals surface area contributed by atoms with Crippen LogP contribution in [0.3, 0.4) is 0 Å². The van der Waals surface area contributed by atoms with Gasteiger partial charge in [0.25, 0.3) is 10.0 Å². The van der Waals surface area contributed by atoms with Gasteiger partial charge in [0.05, 0.1) is 12.2 Å². The molecule has 0 radical (unpaired) electrons. The maximum Gasteiger partial charge on any atom is 0.338 e. The van der Waals surface area contributed by atoms with E-state index in [2.05, 4.69) is 5.32 Å². The first kappa shape index (κ1) is 16.8.